The molecule has 1 atom stereocenters. The third-order valence-electron chi connectivity index (χ3n) is 3.69. The molecule has 1 heterocycles. The minimum atomic E-state index is -0.614. The molecule has 0 spiro atoms. The number of ketones is 1. The molecule has 0 aliphatic carbocycles. The smallest absolute Gasteiger partial charge is 0.298 e. The summed E-state index contributed by atoms with van der Waals surface area (Å²) in [5, 5.41) is 2.51. The van der Waals surface area contributed by atoms with Crippen LogP contribution >= 0.6 is 0 Å². The Balaban J connectivity index is 2.42. The second-order valence-corrected chi connectivity index (χ2v) is 5.36. The van der Waals surface area contributed by atoms with Crippen molar-refractivity contribution in [1.29, 1.82) is 0 Å². The standard InChI is InChI=1S/C16H21N3O3/c1-3-4-6-11-14(12(2)20)19-16(22)18(15(21)17-19)13-9-7-5-8-10-13/h5,7-10,14H,3-4,6,11H2,1-2H3,(H,17,21). The molecule has 1 N–H and O–H groups in total. The molecule has 0 radical (unpaired) electrons. The second-order valence-electron chi connectivity index (χ2n) is 5.36. The van der Waals surface area contributed by atoms with Crippen molar-refractivity contribution in [1.82, 2.24) is 14.3 Å². The number of aromatic nitrogens is 3. The number of hydrogen-bond donors (Lipinski definition) is 1. The predicted molar refractivity (Wildman–Crippen MR) is 84.5 cm³/mol. The number of carbonyl (C=O) groups is 1. The lowest BCUT2D eigenvalue weighted by atomic mass is 10.1. The van der Waals surface area contributed by atoms with Gasteiger partial charge in [0.05, 0.1) is 5.69 Å². The Hall–Kier alpha value is -2.37. The number of aromatic amines is 1. The first kappa shape index (κ1) is 16.0. The van der Waals surface area contributed by atoms with Crippen LogP contribution in [-0.2, 0) is 4.79 Å². The second kappa shape index (κ2) is 7.06. The number of hydrogen-bond acceptors (Lipinski definition) is 3. The van der Waals surface area contributed by atoms with Crippen LogP contribution in [0.1, 0.15) is 45.6 Å². The third-order valence-corrected chi connectivity index (χ3v) is 3.69. The molecule has 2 aromatic rings. The Morgan fingerprint density at radius 3 is 2.45 bits per heavy atom. The van der Waals surface area contributed by atoms with Gasteiger partial charge in [-0.15, -0.1) is 0 Å². The first-order valence-electron chi connectivity index (χ1n) is 7.55. The number of benzene rings is 1. The summed E-state index contributed by atoms with van der Waals surface area (Å²) < 4.78 is 2.21. The first-order valence-corrected chi connectivity index (χ1v) is 7.55. The minimum absolute atomic E-state index is 0.125. The van der Waals surface area contributed by atoms with E-state index in [0.29, 0.717) is 12.1 Å². The molecule has 6 heteroatoms. The summed E-state index contributed by atoms with van der Waals surface area (Å²) >= 11 is 0. The molecule has 0 aliphatic rings. The molecule has 22 heavy (non-hydrogen) atoms. The lowest BCUT2D eigenvalue weighted by molar-refractivity contribution is -0.120. The largest absolute Gasteiger partial charge is 0.352 e. The quantitative estimate of drug-likeness (QED) is 0.795. The summed E-state index contributed by atoms with van der Waals surface area (Å²) in [5.74, 6) is -0.125. The summed E-state index contributed by atoms with van der Waals surface area (Å²) in [6.45, 7) is 3.52. The first-order chi connectivity index (χ1) is 10.6. The highest BCUT2D eigenvalue weighted by atomic mass is 16.2. The van der Waals surface area contributed by atoms with E-state index >= 15 is 0 Å². The molecule has 0 aliphatic heterocycles. The molecule has 0 bridgehead atoms. The molecular formula is C16H21N3O3. The number of para-hydroxylation sites is 1. The highest BCUT2D eigenvalue weighted by Gasteiger charge is 2.22. The zero-order valence-electron chi connectivity index (χ0n) is 12.9. The number of nitrogens with zero attached hydrogens (tertiary/aromatic N) is 2. The summed E-state index contributed by atoms with van der Waals surface area (Å²) in [5.41, 5.74) is -0.547. The maximum Gasteiger partial charge on any atom is 0.352 e. The highest BCUT2D eigenvalue weighted by Crippen LogP contribution is 2.14. The van der Waals surface area contributed by atoms with Gasteiger partial charge in [-0.3, -0.25) is 4.79 Å². The van der Waals surface area contributed by atoms with Crippen LogP contribution in [-0.4, -0.2) is 20.1 Å². The van der Waals surface area contributed by atoms with E-state index in [0.717, 1.165) is 28.5 Å². The molecule has 1 aromatic carbocycles. The third kappa shape index (κ3) is 3.27. The maximum atomic E-state index is 12.5. The zero-order chi connectivity index (χ0) is 16.1. The Morgan fingerprint density at radius 1 is 1.18 bits per heavy atom. The van der Waals surface area contributed by atoms with Gasteiger partial charge in [0.1, 0.15) is 6.04 Å². The van der Waals surface area contributed by atoms with Crippen LogP contribution in [0.3, 0.4) is 0 Å². The molecule has 0 saturated carbocycles. The monoisotopic (exact) mass is 303 g/mol. The van der Waals surface area contributed by atoms with Crippen molar-refractivity contribution in [3.8, 4) is 5.69 Å². The number of Topliss-reactive ketones (excluding diaryl/α,β-unsaturated/α-hetero) is 1. The molecule has 6 nitrogen and oxygen atoms in total. The van der Waals surface area contributed by atoms with Crippen LogP contribution in [0.15, 0.2) is 39.9 Å². The normalized spacial score (nSPS) is 12.3. The molecular weight excluding hydrogens is 282 g/mol. The minimum Gasteiger partial charge on any atom is -0.298 e. The molecule has 2 rings (SSSR count). The maximum absolute atomic E-state index is 12.5. The van der Waals surface area contributed by atoms with Gasteiger partial charge in [-0.25, -0.2) is 23.9 Å². The van der Waals surface area contributed by atoms with E-state index in [4.69, 9.17) is 0 Å². The lowest BCUT2D eigenvalue weighted by Gasteiger charge is -2.13. The summed E-state index contributed by atoms with van der Waals surface area (Å²) in [4.78, 5) is 36.5. The van der Waals surface area contributed by atoms with E-state index < -0.39 is 17.4 Å². The van der Waals surface area contributed by atoms with Crippen LogP contribution in [0, 0.1) is 0 Å². The molecule has 0 saturated heterocycles. The molecule has 1 unspecified atom stereocenters. The van der Waals surface area contributed by atoms with Gasteiger partial charge in [-0.2, -0.15) is 0 Å². The van der Waals surface area contributed by atoms with Crippen LogP contribution < -0.4 is 11.4 Å². The fourth-order valence-corrected chi connectivity index (χ4v) is 2.51. The van der Waals surface area contributed by atoms with Gasteiger partial charge in [0, 0.05) is 0 Å². The Morgan fingerprint density at radius 2 is 1.86 bits per heavy atom. The summed E-state index contributed by atoms with van der Waals surface area (Å²) in [6, 6.07) is 8.06. The highest BCUT2D eigenvalue weighted by molar-refractivity contribution is 5.79. The van der Waals surface area contributed by atoms with E-state index in [1.165, 1.54) is 6.92 Å². The Bertz CT molecular complexity index is 740. The Labute approximate surface area is 128 Å². The van der Waals surface area contributed by atoms with E-state index in [-0.39, 0.29) is 5.78 Å². The SMILES string of the molecule is CCCCCC(C(C)=O)n1[nH]c(=O)n(-c2ccccc2)c1=O. The predicted octanol–water partition coefficient (Wildman–Crippen LogP) is 2.04. The zero-order valence-corrected chi connectivity index (χ0v) is 12.9. The van der Waals surface area contributed by atoms with E-state index in [1.807, 2.05) is 6.07 Å². The van der Waals surface area contributed by atoms with Crippen LogP contribution in [0.4, 0.5) is 0 Å². The van der Waals surface area contributed by atoms with Gasteiger partial charge in [-0.1, -0.05) is 44.4 Å². The van der Waals surface area contributed by atoms with Crippen LogP contribution in [0.2, 0.25) is 0 Å². The Kier molecular flexibility index (Phi) is 5.14. The van der Waals surface area contributed by atoms with Crippen molar-refractivity contribution in [3.05, 3.63) is 51.3 Å². The molecule has 0 fully saturated rings. The number of unbranched alkanes of at least 4 members (excludes halogenated alkanes) is 2. The fraction of sp³-hybridized carbons (Fsp3) is 0.438. The average Bonchev–Trinajstić information content (AvgIpc) is 2.79. The number of nitrogens with one attached hydrogen (secondary N) is 1. The van der Waals surface area contributed by atoms with Crippen LogP contribution in [0.25, 0.3) is 5.69 Å². The number of carbonyl (C=O) groups excluding carboxylic acids is 1. The van der Waals surface area contributed by atoms with Crippen molar-refractivity contribution in [3.63, 3.8) is 0 Å². The topological polar surface area (TPSA) is 76.9 Å². The van der Waals surface area contributed by atoms with Gasteiger partial charge >= 0.3 is 11.4 Å². The van der Waals surface area contributed by atoms with E-state index in [9.17, 15) is 14.4 Å². The van der Waals surface area contributed by atoms with Crippen molar-refractivity contribution < 1.29 is 4.79 Å². The molecule has 0 amide bonds. The van der Waals surface area contributed by atoms with Gasteiger partial charge in [0.25, 0.3) is 0 Å². The summed E-state index contributed by atoms with van der Waals surface area (Å²) in [7, 11) is 0. The van der Waals surface area contributed by atoms with Crippen molar-refractivity contribution in [2.24, 2.45) is 0 Å². The van der Waals surface area contributed by atoms with Crippen molar-refractivity contribution in [2.45, 2.75) is 45.6 Å². The molecule has 118 valence electrons. The average molecular weight is 303 g/mol. The van der Waals surface area contributed by atoms with E-state index in [1.54, 1.807) is 24.3 Å². The van der Waals surface area contributed by atoms with Gasteiger partial charge in [0.2, 0.25) is 0 Å². The van der Waals surface area contributed by atoms with Crippen molar-refractivity contribution >= 4 is 5.78 Å². The van der Waals surface area contributed by atoms with Crippen molar-refractivity contribution in [2.75, 3.05) is 0 Å². The number of H-pyrrole nitrogens is 1. The lowest BCUT2D eigenvalue weighted by Crippen LogP contribution is -2.31. The van der Waals surface area contributed by atoms with Gasteiger partial charge < -0.3 is 0 Å². The van der Waals surface area contributed by atoms with Gasteiger partial charge in [0.15, 0.2) is 5.78 Å². The summed E-state index contributed by atoms with van der Waals surface area (Å²) in [6.07, 6.45) is 3.41. The van der Waals surface area contributed by atoms with Gasteiger partial charge in [-0.05, 0) is 25.5 Å². The van der Waals surface area contributed by atoms with E-state index in [2.05, 4.69) is 12.0 Å². The van der Waals surface area contributed by atoms with Crippen LogP contribution in [0.5, 0.6) is 0 Å². The number of rotatable bonds is 7. The molecule has 1 aromatic heterocycles. The fourth-order valence-electron chi connectivity index (χ4n) is 2.51.